The first-order valence-electron chi connectivity index (χ1n) is 8.83. The molecule has 0 bridgehead atoms. The van der Waals surface area contributed by atoms with Crippen LogP contribution in [0.3, 0.4) is 0 Å². The molecule has 0 saturated heterocycles. The van der Waals surface area contributed by atoms with Gasteiger partial charge in [0.15, 0.2) is 0 Å². The third-order valence-corrected chi connectivity index (χ3v) is 5.84. The Balaban J connectivity index is 1.70. The van der Waals surface area contributed by atoms with E-state index in [9.17, 15) is 9.59 Å². The highest BCUT2D eigenvalue weighted by Gasteiger charge is 2.24. The van der Waals surface area contributed by atoms with Crippen molar-refractivity contribution in [2.24, 2.45) is 0 Å². The number of thiophene rings is 1. The van der Waals surface area contributed by atoms with Crippen LogP contribution in [-0.4, -0.2) is 37.0 Å². The zero-order valence-electron chi connectivity index (χ0n) is 15.4. The summed E-state index contributed by atoms with van der Waals surface area (Å²) in [6, 6.07) is 8.35. The molecule has 2 heterocycles. The van der Waals surface area contributed by atoms with E-state index in [1.54, 1.807) is 0 Å². The van der Waals surface area contributed by atoms with Crippen molar-refractivity contribution in [1.82, 2.24) is 4.90 Å². The fraction of sp³-hybridized carbons (Fsp3) is 0.400. The van der Waals surface area contributed by atoms with Gasteiger partial charge in [-0.1, -0.05) is 31.2 Å². The molecular formula is C20H24N2O3S. The highest BCUT2D eigenvalue weighted by atomic mass is 32.1. The van der Waals surface area contributed by atoms with E-state index in [1.807, 2.05) is 19.9 Å². The molecule has 1 aliphatic rings. The van der Waals surface area contributed by atoms with E-state index in [0.717, 1.165) is 36.4 Å². The SMILES string of the molecule is CCc1c(C)sc(NC(=O)CN2CCc3ccccc3C2)c1C(=O)OC. The van der Waals surface area contributed by atoms with Crippen LogP contribution in [0.4, 0.5) is 5.00 Å². The number of hydrogen-bond donors (Lipinski definition) is 1. The number of benzene rings is 1. The molecule has 0 spiro atoms. The molecule has 138 valence electrons. The summed E-state index contributed by atoms with van der Waals surface area (Å²) in [6.45, 7) is 5.91. The van der Waals surface area contributed by atoms with Gasteiger partial charge in [0.2, 0.25) is 5.91 Å². The third-order valence-electron chi connectivity index (χ3n) is 4.78. The third kappa shape index (κ3) is 3.81. The van der Waals surface area contributed by atoms with E-state index in [2.05, 4.69) is 28.4 Å². The Bertz CT molecular complexity index is 828. The highest BCUT2D eigenvalue weighted by Crippen LogP contribution is 2.34. The number of anilines is 1. The molecule has 0 aliphatic carbocycles. The lowest BCUT2D eigenvalue weighted by molar-refractivity contribution is -0.117. The maximum atomic E-state index is 12.6. The summed E-state index contributed by atoms with van der Waals surface area (Å²) < 4.78 is 4.91. The summed E-state index contributed by atoms with van der Waals surface area (Å²) in [6.07, 6.45) is 1.68. The molecule has 1 N–H and O–H groups in total. The van der Waals surface area contributed by atoms with Gasteiger partial charge in [-0.05, 0) is 36.5 Å². The van der Waals surface area contributed by atoms with Crippen molar-refractivity contribution in [1.29, 1.82) is 0 Å². The van der Waals surface area contributed by atoms with Gasteiger partial charge in [-0.15, -0.1) is 11.3 Å². The van der Waals surface area contributed by atoms with Gasteiger partial charge in [0.05, 0.1) is 19.2 Å². The molecule has 1 aromatic heterocycles. The molecule has 2 aromatic rings. The van der Waals surface area contributed by atoms with Gasteiger partial charge in [-0.3, -0.25) is 9.69 Å². The van der Waals surface area contributed by atoms with Crippen LogP contribution in [0.2, 0.25) is 0 Å². The summed E-state index contributed by atoms with van der Waals surface area (Å²) in [7, 11) is 1.37. The number of carbonyl (C=O) groups is 2. The highest BCUT2D eigenvalue weighted by molar-refractivity contribution is 7.16. The Morgan fingerprint density at radius 2 is 2.00 bits per heavy atom. The maximum absolute atomic E-state index is 12.6. The van der Waals surface area contributed by atoms with Crippen molar-refractivity contribution in [3.05, 3.63) is 51.4 Å². The Labute approximate surface area is 158 Å². The molecule has 0 unspecified atom stereocenters. The summed E-state index contributed by atoms with van der Waals surface area (Å²) in [4.78, 5) is 27.9. The number of methoxy groups -OCH3 is 1. The van der Waals surface area contributed by atoms with Crippen molar-refractivity contribution in [3.63, 3.8) is 0 Å². The van der Waals surface area contributed by atoms with E-state index in [-0.39, 0.29) is 5.91 Å². The molecule has 26 heavy (non-hydrogen) atoms. The lowest BCUT2D eigenvalue weighted by Crippen LogP contribution is -2.37. The molecular weight excluding hydrogens is 348 g/mol. The number of nitrogens with one attached hydrogen (secondary N) is 1. The molecule has 0 radical (unpaired) electrons. The number of ether oxygens (including phenoxy) is 1. The average Bonchev–Trinajstić information content (AvgIpc) is 2.95. The normalized spacial score (nSPS) is 14.0. The number of amides is 1. The van der Waals surface area contributed by atoms with Crippen LogP contribution in [0, 0.1) is 6.92 Å². The van der Waals surface area contributed by atoms with Crippen LogP contribution in [-0.2, 0) is 28.9 Å². The predicted octanol–water partition coefficient (Wildman–Crippen LogP) is 3.40. The van der Waals surface area contributed by atoms with Crippen LogP contribution >= 0.6 is 11.3 Å². The second kappa shape index (κ2) is 8.01. The largest absolute Gasteiger partial charge is 0.465 e. The van der Waals surface area contributed by atoms with Crippen molar-refractivity contribution in [2.45, 2.75) is 33.2 Å². The lowest BCUT2D eigenvalue weighted by atomic mass is 10.00. The molecule has 1 amide bonds. The van der Waals surface area contributed by atoms with E-state index in [1.165, 1.54) is 29.6 Å². The number of esters is 1. The zero-order chi connectivity index (χ0) is 18.7. The lowest BCUT2D eigenvalue weighted by Gasteiger charge is -2.28. The summed E-state index contributed by atoms with van der Waals surface area (Å²) in [5.74, 6) is -0.494. The van der Waals surface area contributed by atoms with Crippen LogP contribution in [0.25, 0.3) is 0 Å². The average molecular weight is 372 g/mol. The minimum atomic E-state index is -0.395. The first-order chi connectivity index (χ1) is 12.5. The van der Waals surface area contributed by atoms with Crippen LogP contribution in [0.15, 0.2) is 24.3 Å². The molecule has 1 aliphatic heterocycles. The van der Waals surface area contributed by atoms with Crippen molar-refractivity contribution in [3.8, 4) is 0 Å². The van der Waals surface area contributed by atoms with Gasteiger partial charge >= 0.3 is 5.97 Å². The Morgan fingerprint density at radius 1 is 1.27 bits per heavy atom. The number of fused-ring (bicyclic) bond motifs is 1. The van der Waals surface area contributed by atoms with Gasteiger partial charge in [0, 0.05) is 18.0 Å². The Kier molecular flexibility index (Phi) is 5.74. The fourth-order valence-corrected chi connectivity index (χ4v) is 4.62. The van der Waals surface area contributed by atoms with Crippen LogP contribution in [0.1, 0.15) is 38.8 Å². The summed E-state index contributed by atoms with van der Waals surface area (Å²) in [5.41, 5.74) is 4.08. The zero-order valence-corrected chi connectivity index (χ0v) is 16.2. The van der Waals surface area contributed by atoms with E-state index < -0.39 is 5.97 Å². The molecule has 5 nitrogen and oxygen atoms in total. The van der Waals surface area contributed by atoms with Gasteiger partial charge in [-0.25, -0.2) is 4.79 Å². The Hall–Kier alpha value is -2.18. The maximum Gasteiger partial charge on any atom is 0.341 e. The number of nitrogens with zero attached hydrogens (tertiary/aromatic N) is 1. The van der Waals surface area contributed by atoms with Gasteiger partial charge in [0.1, 0.15) is 5.00 Å². The standard InChI is InChI=1S/C20H24N2O3S/c1-4-16-13(2)26-19(18(16)20(24)25-3)21-17(23)12-22-10-9-14-7-5-6-8-15(14)11-22/h5-8H,4,9-12H2,1-3H3,(H,21,23). The number of carbonyl (C=O) groups excluding carboxylic acids is 2. The molecule has 6 heteroatoms. The van der Waals surface area contributed by atoms with Crippen molar-refractivity contribution >= 4 is 28.2 Å². The smallest absolute Gasteiger partial charge is 0.341 e. The minimum absolute atomic E-state index is 0.0987. The fourth-order valence-electron chi connectivity index (χ4n) is 3.47. The molecule has 0 fully saturated rings. The van der Waals surface area contributed by atoms with E-state index in [4.69, 9.17) is 4.74 Å². The van der Waals surface area contributed by atoms with Crippen LogP contribution in [0.5, 0.6) is 0 Å². The molecule has 0 atom stereocenters. The predicted molar refractivity (Wildman–Crippen MR) is 104 cm³/mol. The van der Waals surface area contributed by atoms with Gasteiger partial charge < -0.3 is 10.1 Å². The quantitative estimate of drug-likeness (QED) is 0.817. The first-order valence-corrected chi connectivity index (χ1v) is 9.64. The molecule has 3 rings (SSSR count). The van der Waals surface area contributed by atoms with Crippen molar-refractivity contribution in [2.75, 3.05) is 25.5 Å². The topological polar surface area (TPSA) is 58.6 Å². The monoisotopic (exact) mass is 372 g/mol. The summed E-state index contributed by atoms with van der Waals surface area (Å²) in [5, 5.41) is 3.52. The minimum Gasteiger partial charge on any atom is -0.465 e. The van der Waals surface area contributed by atoms with E-state index in [0.29, 0.717) is 17.1 Å². The number of hydrogen-bond acceptors (Lipinski definition) is 5. The molecule has 0 saturated carbocycles. The summed E-state index contributed by atoms with van der Waals surface area (Å²) >= 11 is 1.44. The van der Waals surface area contributed by atoms with Crippen LogP contribution < -0.4 is 5.32 Å². The van der Waals surface area contributed by atoms with Gasteiger partial charge in [0.25, 0.3) is 0 Å². The Morgan fingerprint density at radius 3 is 2.69 bits per heavy atom. The number of rotatable bonds is 5. The second-order valence-corrected chi connectivity index (χ2v) is 7.69. The van der Waals surface area contributed by atoms with Crippen molar-refractivity contribution < 1.29 is 14.3 Å². The van der Waals surface area contributed by atoms with Gasteiger partial charge in [-0.2, -0.15) is 0 Å². The molecule has 1 aromatic carbocycles. The second-order valence-electron chi connectivity index (χ2n) is 6.46. The first kappa shape index (κ1) is 18.6. The van der Waals surface area contributed by atoms with E-state index >= 15 is 0 Å². The number of aryl methyl sites for hydroxylation is 1.